The van der Waals surface area contributed by atoms with Gasteiger partial charge in [-0.3, -0.25) is 9.20 Å². The van der Waals surface area contributed by atoms with Crippen LogP contribution in [-0.4, -0.2) is 15.3 Å². The van der Waals surface area contributed by atoms with E-state index in [1.807, 2.05) is 6.92 Å². The molecule has 1 aromatic carbocycles. The van der Waals surface area contributed by atoms with E-state index in [-0.39, 0.29) is 5.69 Å². The van der Waals surface area contributed by atoms with Gasteiger partial charge >= 0.3 is 6.18 Å². The Bertz CT molecular complexity index is 949. The van der Waals surface area contributed by atoms with Crippen molar-refractivity contribution in [3.63, 3.8) is 0 Å². The van der Waals surface area contributed by atoms with Gasteiger partial charge in [0.1, 0.15) is 11.3 Å². The third-order valence-corrected chi connectivity index (χ3v) is 4.05. The number of pyridine rings is 1. The van der Waals surface area contributed by atoms with Crippen molar-refractivity contribution in [2.75, 3.05) is 5.32 Å². The highest BCUT2D eigenvalue weighted by Gasteiger charge is 2.30. The van der Waals surface area contributed by atoms with Crippen molar-refractivity contribution >= 4 is 28.8 Å². The van der Waals surface area contributed by atoms with Gasteiger partial charge in [-0.25, -0.2) is 4.98 Å². The molecule has 0 saturated heterocycles. The number of halogens is 4. The van der Waals surface area contributed by atoms with Gasteiger partial charge in [0.25, 0.3) is 5.91 Å². The Morgan fingerprint density at radius 2 is 1.88 bits per heavy atom. The smallest absolute Gasteiger partial charge is 0.321 e. The maximum Gasteiger partial charge on any atom is 0.416 e. The lowest BCUT2D eigenvalue weighted by Gasteiger charge is -2.09. The second-order valence-corrected chi connectivity index (χ2v) is 6.20. The molecule has 3 rings (SSSR count). The van der Waals surface area contributed by atoms with Crippen LogP contribution in [0.15, 0.2) is 42.6 Å². The van der Waals surface area contributed by atoms with Gasteiger partial charge in [-0.1, -0.05) is 24.9 Å². The van der Waals surface area contributed by atoms with Crippen LogP contribution in [0, 0.1) is 0 Å². The van der Waals surface area contributed by atoms with Crippen molar-refractivity contribution in [2.24, 2.45) is 0 Å². The number of anilines is 1. The number of amides is 1. The Morgan fingerprint density at radius 3 is 2.50 bits per heavy atom. The van der Waals surface area contributed by atoms with Crippen LogP contribution in [0.25, 0.3) is 5.65 Å². The molecule has 0 aliphatic rings. The number of rotatable bonds is 4. The van der Waals surface area contributed by atoms with E-state index in [1.54, 1.807) is 22.7 Å². The Hall–Kier alpha value is -2.54. The van der Waals surface area contributed by atoms with Gasteiger partial charge in [-0.15, -0.1) is 0 Å². The number of hydrogen-bond donors (Lipinski definition) is 1. The van der Waals surface area contributed by atoms with Crippen LogP contribution in [0.5, 0.6) is 0 Å². The van der Waals surface area contributed by atoms with Gasteiger partial charge in [0.2, 0.25) is 0 Å². The summed E-state index contributed by atoms with van der Waals surface area (Å²) in [4.78, 5) is 17.2. The van der Waals surface area contributed by atoms with Crippen LogP contribution in [0.1, 0.15) is 35.1 Å². The van der Waals surface area contributed by atoms with E-state index in [9.17, 15) is 18.0 Å². The SMILES string of the molecule is CCCc1nc2ccc(Cl)cn2c1C(=O)Nc1ccc(C(F)(F)F)cc1. The highest BCUT2D eigenvalue weighted by Crippen LogP contribution is 2.30. The lowest BCUT2D eigenvalue weighted by molar-refractivity contribution is -0.137. The molecule has 0 radical (unpaired) electrons. The highest BCUT2D eigenvalue weighted by molar-refractivity contribution is 6.30. The minimum absolute atomic E-state index is 0.266. The zero-order valence-electron chi connectivity index (χ0n) is 13.8. The van der Waals surface area contributed by atoms with Crippen LogP contribution in [0.4, 0.5) is 18.9 Å². The predicted molar refractivity (Wildman–Crippen MR) is 93.6 cm³/mol. The third-order valence-electron chi connectivity index (χ3n) is 3.83. The molecular weight excluding hydrogens is 367 g/mol. The van der Waals surface area contributed by atoms with Gasteiger partial charge in [0, 0.05) is 11.9 Å². The predicted octanol–water partition coefficient (Wildman–Crippen LogP) is 5.21. The topological polar surface area (TPSA) is 46.4 Å². The summed E-state index contributed by atoms with van der Waals surface area (Å²) in [5, 5.41) is 3.07. The molecule has 0 unspecified atom stereocenters. The van der Waals surface area contributed by atoms with Gasteiger partial charge in [0.15, 0.2) is 0 Å². The zero-order chi connectivity index (χ0) is 18.9. The number of carbonyl (C=O) groups excluding carboxylic acids is 1. The number of imidazole rings is 1. The van der Waals surface area contributed by atoms with Crippen LogP contribution in [0.3, 0.4) is 0 Å². The largest absolute Gasteiger partial charge is 0.416 e. The van der Waals surface area contributed by atoms with E-state index >= 15 is 0 Å². The second kappa shape index (κ2) is 6.99. The van der Waals surface area contributed by atoms with Crippen molar-refractivity contribution in [1.29, 1.82) is 0 Å². The normalized spacial score (nSPS) is 11.7. The Balaban J connectivity index is 1.94. The van der Waals surface area contributed by atoms with Crippen LogP contribution in [-0.2, 0) is 12.6 Å². The summed E-state index contributed by atoms with van der Waals surface area (Å²) in [6.45, 7) is 1.97. The van der Waals surface area contributed by atoms with Crippen molar-refractivity contribution in [3.05, 3.63) is 64.6 Å². The molecule has 0 aliphatic heterocycles. The van der Waals surface area contributed by atoms with E-state index in [0.29, 0.717) is 28.5 Å². The molecule has 8 heteroatoms. The van der Waals surface area contributed by atoms with Crippen LogP contribution in [0.2, 0.25) is 5.02 Å². The fourth-order valence-electron chi connectivity index (χ4n) is 2.65. The van der Waals surface area contributed by atoms with E-state index in [2.05, 4.69) is 10.3 Å². The molecule has 0 atom stereocenters. The first-order valence-electron chi connectivity index (χ1n) is 7.94. The molecule has 3 aromatic rings. The summed E-state index contributed by atoms with van der Waals surface area (Å²) < 4.78 is 39.5. The molecule has 0 bridgehead atoms. The quantitative estimate of drug-likeness (QED) is 0.674. The first-order valence-corrected chi connectivity index (χ1v) is 8.32. The first kappa shape index (κ1) is 18.3. The molecule has 0 saturated carbocycles. The van der Waals surface area contributed by atoms with Crippen LogP contribution >= 0.6 is 11.6 Å². The van der Waals surface area contributed by atoms with E-state index in [4.69, 9.17) is 11.6 Å². The number of benzene rings is 1. The van der Waals surface area contributed by atoms with Crippen molar-refractivity contribution < 1.29 is 18.0 Å². The van der Waals surface area contributed by atoms with Gasteiger partial charge in [-0.05, 0) is 42.8 Å². The fourth-order valence-corrected chi connectivity index (χ4v) is 2.81. The number of alkyl halides is 3. The summed E-state index contributed by atoms with van der Waals surface area (Å²) in [7, 11) is 0. The Morgan fingerprint density at radius 1 is 1.19 bits per heavy atom. The third kappa shape index (κ3) is 3.67. The molecule has 0 fully saturated rings. The number of carbonyl (C=O) groups is 1. The minimum atomic E-state index is -4.42. The molecule has 2 heterocycles. The second-order valence-electron chi connectivity index (χ2n) is 5.76. The maximum absolute atomic E-state index is 12.7. The molecule has 136 valence electrons. The highest BCUT2D eigenvalue weighted by atomic mass is 35.5. The average Bonchev–Trinajstić information content (AvgIpc) is 2.92. The lowest BCUT2D eigenvalue weighted by atomic mass is 10.2. The summed E-state index contributed by atoms with van der Waals surface area (Å²) in [6.07, 6.45) is -1.45. The maximum atomic E-state index is 12.7. The summed E-state index contributed by atoms with van der Waals surface area (Å²) >= 11 is 6.02. The fraction of sp³-hybridized carbons (Fsp3) is 0.222. The molecule has 0 aliphatic carbocycles. The summed E-state index contributed by atoms with van der Waals surface area (Å²) in [5.74, 6) is -0.456. The average molecular weight is 382 g/mol. The molecular formula is C18H15ClF3N3O. The molecule has 1 N–H and O–H groups in total. The summed E-state index contributed by atoms with van der Waals surface area (Å²) in [6, 6.07) is 7.67. The van der Waals surface area contributed by atoms with E-state index in [1.165, 1.54) is 12.1 Å². The molecule has 1 amide bonds. The lowest BCUT2D eigenvalue weighted by Crippen LogP contribution is -2.16. The number of fused-ring (bicyclic) bond motifs is 1. The number of aryl methyl sites for hydroxylation is 1. The monoisotopic (exact) mass is 381 g/mol. The van der Waals surface area contributed by atoms with Crippen molar-refractivity contribution in [1.82, 2.24) is 9.38 Å². The Kier molecular flexibility index (Phi) is 4.91. The van der Waals surface area contributed by atoms with Gasteiger partial charge in [-0.2, -0.15) is 13.2 Å². The number of nitrogens with one attached hydrogen (secondary N) is 1. The molecule has 4 nitrogen and oxygen atoms in total. The van der Waals surface area contributed by atoms with E-state index in [0.717, 1.165) is 18.6 Å². The molecule has 0 spiro atoms. The number of nitrogens with zero attached hydrogens (tertiary/aromatic N) is 2. The Labute approximate surface area is 152 Å². The number of hydrogen-bond acceptors (Lipinski definition) is 2. The van der Waals surface area contributed by atoms with Crippen molar-refractivity contribution in [3.8, 4) is 0 Å². The van der Waals surface area contributed by atoms with Gasteiger partial charge in [0.05, 0.1) is 16.3 Å². The molecule has 2 aromatic heterocycles. The van der Waals surface area contributed by atoms with Crippen LogP contribution < -0.4 is 5.32 Å². The number of aromatic nitrogens is 2. The van der Waals surface area contributed by atoms with Gasteiger partial charge < -0.3 is 5.32 Å². The van der Waals surface area contributed by atoms with Crippen molar-refractivity contribution in [2.45, 2.75) is 25.9 Å². The minimum Gasteiger partial charge on any atom is -0.321 e. The first-order chi connectivity index (χ1) is 12.3. The summed E-state index contributed by atoms with van der Waals surface area (Å²) in [5.41, 5.74) is 1.00. The van der Waals surface area contributed by atoms with E-state index < -0.39 is 17.6 Å². The zero-order valence-corrected chi connectivity index (χ0v) is 14.5. The molecule has 26 heavy (non-hydrogen) atoms. The standard InChI is InChI=1S/C18H15ClF3N3O/c1-2-3-14-16(25-10-12(19)6-9-15(25)24-14)17(26)23-13-7-4-11(5-8-13)18(20,21)22/h4-10H,2-3H2,1H3,(H,23,26).